The van der Waals surface area contributed by atoms with E-state index in [0.29, 0.717) is 13.1 Å². The van der Waals surface area contributed by atoms with Gasteiger partial charge in [0.25, 0.3) is 0 Å². The summed E-state index contributed by atoms with van der Waals surface area (Å²) in [5.74, 6) is 0.0165. The minimum Gasteiger partial charge on any atom is -0.351 e. The smallest absolute Gasteiger partial charge is 0.227 e. The van der Waals surface area contributed by atoms with Gasteiger partial charge in [-0.05, 0) is 50.3 Å². The summed E-state index contributed by atoms with van der Waals surface area (Å²) in [7, 11) is 0. The molecule has 1 saturated carbocycles. The zero-order valence-electron chi connectivity index (χ0n) is 15.6. The zero-order valence-corrected chi connectivity index (χ0v) is 15.6. The Morgan fingerprint density at radius 3 is 2.73 bits per heavy atom. The molecule has 0 bridgehead atoms. The first-order valence-electron chi connectivity index (χ1n) is 9.79. The summed E-state index contributed by atoms with van der Waals surface area (Å²) in [5.41, 5.74) is 0.170. The van der Waals surface area contributed by atoms with Crippen LogP contribution in [-0.2, 0) is 16.1 Å². The van der Waals surface area contributed by atoms with Crippen LogP contribution in [0.1, 0.15) is 57.4 Å². The van der Waals surface area contributed by atoms with E-state index < -0.39 is 5.41 Å². The maximum atomic E-state index is 13.3. The van der Waals surface area contributed by atoms with Crippen LogP contribution in [0.25, 0.3) is 0 Å². The third-order valence-corrected chi connectivity index (χ3v) is 5.85. The molecule has 1 heterocycles. The standard InChI is InChI=1S/C21H29FN2O2/c1-21(20(26)23-14-16-7-5-10-18(22)13-16)11-6-12-24(15-21)19(25)17-8-3-2-4-9-17/h5,7,10,13,17H,2-4,6,8-9,11-12,14-15H2,1H3,(H,23,26)/t21-/m0/s1. The number of benzene rings is 1. The van der Waals surface area contributed by atoms with Crippen LogP contribution in [0.5, 0.6) is 0 Å². The Kier molecular flexibility index (Phi) is 5.94. The highest BCUT2D eigenvalue weighted by atomic mass is 19.1. The van der Waals surface area contributed by atoms with Crippen LogP contribution in [0.15, 0.2) is 24.3 Å². The normalized spacial score (nSPS) is 24.3. The molecule has 2 amide bonds. The maximum Gasteiger partial charge on any atom is 0.227 e. The fourth-order valence-corrected chi connectivity index (χ4v) is 4.26. The van der Waals surface area contributed by atoms with Crippen molar-refractivity contribution in [2.24, 2.45) is 11.3 Å². The van der Waals surface area contributed by atoms with Crippen LogP contribution in [0.4, 0.5) is 4.39 Å². The third-order valence-electron chi connectivity index (χ3n) is 5.85. The van der Waals surface area contributed by atoms with Crippen molar-refractivity contribution in [3.05, 3.63) is 35.6 Å². The molecule has 1 aliphatic carbocycles. The first kappa shape index (κ1) is 18.9. The molecule has 1 aliphatic heterocycles. The molecular weight excluding hydrogens is 331 g/mol. The first-order valence-corrected chi connectivity index (χ1v) is 9.79. The summed E-state index contributed by atoms with van der Waals surface area (Å²) in [4.78, 5) is 27.5. The number of hydrogen-bond acceptors (Lipinski definition) is 2. The summed E-state index contributed by atoms with van der Waals surface area (Å²) < 4.78 is 13.3. The zero-order chi connectivity index (χ0) is 18.6. The number of hydrogen-bond donors (Lipinski definition) is 1. The highest BCUT2D eigenvalue weighted by molar-refractivity contribution is 5.84. The van der Waals surface area contributed by atoms with Crippen LogP contribution >= 0.6 is 0 Å². The van der Waals surface area contributed by atoms with Gasteiger partial charge in [-0.25, -0.2) is 4.39 Å². The molecule has 1 aromatic rings. The Balaban J connectivity index is 1.58. The summed E-state index contributed by atoms with van der Waals surface area (Å²) >= 11 is 0. The molecule has 2 fully saturated rings. The molecule has 4 nitrogen and oxygen atoms in total. The lowest BCUT2D eigenvalue weighted by Gasteiger charge is -2.41. The van der Waals surface area contributed by atoms with E-state index >= 15 is 0 Å². The van der Waals surface area contributed by atoms with Crippen molar-refractivity contribution < 1.29 is 14.0 Å². The Morgan fingerprint density at radius 1 is 1.23 bits per heavy atom. The number of nitrogens with zero attached hydrogens (tertiary/aromatic N) is 1. The third kappa shape index (κ3) is 4.43. The Labute approximate surface area is 155 Å². The van der Waals surface area contributed by atoms with Crippen molar-refractivity contribution in [2.75, 3.05) is 13.1 Å². The first-order chi connectivity index (χ1) is 12.5. The van der Waals surface area contributed by atoms with Gasteiger partial charge in [0.1, 0.15) is 5.82 Å². The summed E-state index contributed by atoms with van der Waals surface area (Å²) in [5, 5.41) is 2.93. The second kappa shape index (κ2) is 8.19. The van der Waals surface area contributed by atoms with Gasteiger partial charge in [-0.15, -0.1) is 0 Å². The van der Waals surface area contributed by atoms with Crippen LogP contribution in [-0.4, -0.2) is 29.8 Å². The van der Waals surface area contributed by atoms with E-state index in [1.807, 2.05) is 11.8 Å². The Morgan fingerprint density at radius 2 is 2.00 bits per heavy atom. The SMILES string of the molecule is C[C@]1(C(=O)NCc2cccc(F)c2)CCCN(C(=O)C2CCCCC2)C1. The molecule has 2 aliphatic rings. The molecule has 0 unspecified atom stereocenters. The monoisotopic (exact) mass is 360 g/mol. The van der Waals surface area contributed by atoms with E-state index in [4.69, 9.17) is 0 Å². The van der Waals surface area contributed by atoms with Gasteiger partial charge in [-0.1, -0.05) is 31.4 Å². The minimum absolute atomic E-state index is 0.0529. The molecule has 0 spiro atoms. The number of piperidine rings is 1. The number of likely N-dealkylation sites (tertiary alicyclic amines) is 1. The Bertz CT molecular complexity index is 657. The lowest BCUT2D eigenvalue weighted by molar-refractivity contribution is -0.144. The van der Waals surface area contributed by atoms with E-state index in [1.54, 1.807) is 12.1 Å². The van der Waals surface area contributed by atoms with E-state index in [0.717, 1.165) is 50.6 Å². The number of rotatable bonds is 4. The van der Waals surface area contributed by atoms with Crippen molar-refractivity contribution in [3.8, 4) is 0 Å². The van der Waals surface area contributed by atoms with E-state index in [1.165, 1.54) is 18.6 Å². The summed E-state index contributed by atoms with van der Waals surface area (Å²) in [6, 6.07) is 6.26. The number of carbonyl (C=O) groups excluding carboxylic acids is 2. The second-order valence-corrected chi connectivity index (χ2v) is 8.07. The van der Waals surface area contributed by atoms with Gasteiger partial charge in [0.15, 0.2) is 0 Å². The predicted molar refractivity (Wildman–Crippen MR) is 98.7 cm³/mol. The maximum absolute atomic E-state index is 13.3. The van der Waals surface area contributed by atoms with Crippen molar-refractivity contribution >= 4 is 11.8 Å². The van der Waals surface area contributed by atoms with Gasteiger partial charge in [0, 0.05) is 25.6 Å². The molecule has 142 valence electrons. The lowest BCUT2D eigenvalue weighted by Crippen LogP contribution is -2.53. The molecule has 1 aromatic carbocycles. The number of amides is 2. The van der Waals surface area contributed by atoms with Crippen LogP contribution in [0.2, 0.25) is 0 Å². The molecule has 3 rings (SSSR count). The van der Waals surface area contributed by atoms with Crippen molar-refractivity contribution in [1.29, 1.82) is 0 Å². The molecule has 0 radical (unpaired) electrons. The summed E-state index contributed by atoms with van der Waals surface area (Å²) in [6.45, 7) is 3.48. The molecule has 1 atom stereocenters. The fourth-order valence-electron chi connectivity index (χ4n) is 4.26. The molecule has 1 N–H and O–H groups in total. The van der Waals surface area contributed by atoms with Gasteiger partial charge in [-0.2, -0.15) is 0 Å². The van der Waals surface area contributed by atoms with E-state index in [9.17, 15) is 14.0 Å². The number of nitrogens with one attached hydrogen (secondary N) is 1. The predicted octanol–water partition coefficient (Wildman–Crippen LogP) is 3.65. The highest BCUT2D eigenvalue weighted by Crippen LogP contribution is 2.33. The van der Waals surface area contributed by atoms with Crippen molar-refractivity contribution in [2.45, 2.75) is 58.4 Å². The second-order valence-electron chi connectivity index (χ2n) is 8.07. The van der Waals surface area contributed by atoms with Gasteiger partial charge in [-0.3, -0.25) is 9.59 Å². The van der Waals surface area contributed by atoms with Crippen molar-refractivity contribution in [1.82, 2.24) is 10.2 Å². The molecule has 1 saturated heterocycles. The topological polar surface area (TPSA) is 49.4 Å². The van der Waals surface area contributed by atoms with Crippen molar-refractivity contribution in [3.63, 3.8) is 0 Å². The minimum atomic E-state index is -0.574. The fraction of sp³-hybridized carbons (Fsp3) is 0.619. The number of halogens is 1. The van der Waals surface area contributed by atoms with E-state index in [-0.39, 0.29) is 23.5 Å². The highest BCUT2D eigenvalue weighted by Gasteiger charge is 2.40. The molecule has 5 heteroatoms. The molecule has 26 heavy (non-hydrogen) atoms. The quantitative estimate of drug-likeness (QED) is 0.891. The number of carbonyl (C=O) groups is 2. The lowest BCUT2D eigenvalue weighted by atomic mass is 9.79. The van der Waals surface area contributed by atoms with Crippen LogP contribution in [0.3, 0.4) is 0 Å². The van der Waals surface area contributed by atoms with Crippen LogP contribution in [0, 0.1) is 17.2 Å². The average Bonchev–Trinajstić information content (AvgIpc) is 2.66. The largest absolute Gasteiger partial charge is 0.351 e. The van der Waals surface area contributed by atoms with Gasteiger partial charge in [0.05, 0.1) is 5.41 Å². The average molecular weight is 360 g/mol. The van der Waals surface area contributed by atoms with Crippen LogP contribution < -0.4 is 5.32 Å². The molecular formula is C21H29FN2O2. The van der Waals surface area contributed by atoms with Gasteiger partial charge in [0.2, 0.25) is 11.8 Å². The van der Waals surface area contributed by atoms with Gasteiger partial charge < -0.3 is 10.2 Å². The summed E-state index contributed by atoms with van der Waals surface area (Å²) in [6.07, 6.45) is 7.09. The molecule has 0 aromatic heterocycles. The van der Waals surface area contributed by atoms with Gasteiger partial charge >= 0.3 is 0 Å². The Hall–Kier alpha value is -1.91. The van der Waals surface area contributed by atoms with E-state index in [2.05, 4.69) is 5.32 Å².